The smallest absolute Gasteiger partial charge is 0.104 e. The lowest BCUT2D eigenvalue weighted by Gasteiger charge is -2.34. The quantitative estimate of drug-likeness (QED) is 0.299. The summed E-state index contributed by atoms with van der Waals surface area (Å²) in [5, 5.41) is 0. The summed E-state index contributed by atoms with van der Waals surface area (Å²) in [6.45, 7) is 16.7. The molecule has 2 aliphatic carbocycles. The van der Waals surface area contributed by atoms with Gasteiger partial charge in [0.1, 0.15) is 13.1 Å². The molecule has 31 heavy (non-hydrogen) atoms. The number of quaternary nitrogens is 2. The second-order valence-electron chi connectivity index (χ2n) is 11.0. The van der Waals surface area contributed by atoms with Crippen LogP contribution in [-0.4, -0.2) is 63.3 Å². The van der Waals surface area contributed by atoms with Crippen LogP contribution in [0.15, 0.2) is 97.2 Å². The van der Waals surface area contributed by atoms with Gasteiger partial charge in [-0.1, -0.05) is 72.9 Å². The molecule has 0 spiro atoms. The van der Waals surface area contributed by atoms with E-state index < -0.39 is 0 Å². The first-order valence-electron chi connectivity index (χ1n) is 11.5. The van der Waals surface area contributed by atoms with Gasteiger partial charge in [-0.25, -0.2) is 0 Å². The SMILES string of the molecule is C=CC1(C)C=CC=C(C[N+](C)(C)CCC[N+](C)(C)CC2=CC=CC(C)(C=C)C=C2)C=C1. The molecular formula is C29H44N2+2. The summed E-state index contributed by atoms with van der Waals surface area (Å²) in [4.78, 5) is 0. The Morgan fingerprint density at radius 1 is 0.710 bits per heavy atom. The summed E-state index contributed by atoms with van der Waals surface area (Å²) in [5.41, 5.74) is 2.67. The summed E-state index contributed by atoms with van der Waals surface area (Å²) in [6, 6.07) is 0. The molecule has 0 aliphatic heterocycles. The van der Waals surface area contributed by atoms with Gasteiger partial charge in [0.05, 0.1) is 41.3 Å². The summed E-state index contributed by atoms with van der Waals surface area (Å²) in [5.74, 6) is 0. The Labute approximate surface area is 191 Å². The van der Waals surface area contributed by atoms with Crippen LogP contribution >= 0.6 is 0 Å². The third-order valence-corrected chi connectivity index (χ3v) is 6.47. The van der Waals surface area contributed by atoms with E-state index in [1.807, 2.05) is 12.2 Å². The fourth-order valence-electron chi connectivity index (χ4n) is 4.11. The molecule has 0 amide bonds. The van der Waals surface area contributed by atoms with Gasteiger partial charge in [-0.15, -0.1) is 13.2 Å². The van der Waals surface area contributed by atoms with Crippen molar-refractivity contribution in [2.75, 3.05) is 54.4 Å². The molecule has 2 unspecified atom stereocenters. The maximum Gasteiger partial charge on any atom is 0.104 e. The van der Waals surface area contributed by atoms with Crippen LogP contribution in [0.4, 0.5) is 0 Å². The van der Waals surface area contributed by atoms with Crippen LogP contribution in [0.3, 0.4) is 0 Å². The van der Waals surface area contributed by atoms with Crippen molar-refractivity contribution in [1.82, 2.24) is 0 Å². The molecule has 2 atom stereocenters. The van der Waals surface area contributed by atoms with E-state index in [-0.39, 0.29) is 10.8 Å². The van der Waals surface area contributed by atoms with Gasteiger partial charge in [0, 0.05) is 28.4 Å². The van der Waals surface area contributed by atoms with Crippen LogP contribution in [-0.2, 0) is 0 Å². The summed E-state index contributed by atoms with van der Waals surface area (Å²) in [6.07, 6.45) is 27.6. The van der Waals surface area contributed by atoms with Gasteiger partial charge in [0.2, 0.25) is 0 Å². The van der Waals surface area contributed by atoms with Gasteiger partial charge in [-0.05, 0) is 13.8 Å². The Morgan fingerprint density at radius 3 is 1.45 bits per heavy atom. The van der Waals surface area contributed by atoms with Gasteiger partial charge in [0.15, 0.2) is 0 Å². The Bertz CT molecular complexity index is 774. The lowest BCUT2D eigenvalue weighted by molar-refractivity contribution is -0.904. The highest BCUT2D eigenvalue weighted by molar-refractivity contribution is 5.35. The fraction of sp³-hybridized carbons (Fsp3) is 0.448. The third kappa shape index (κ3) is 8.12. The molecule has 0 bridgehead atoms. The molecule has 0 N–H and O–H groups in total. The Kier molecular flexibility index (Phi) is 8.08. The van der Waals surface area contributed by atoms with E-state index in [2.05, 4.69) is 116 Å². The molecule has 2 nitrogen and oxygen atoms in total. The van der Waals surface area contributed by atoms with Gasteiger partial charge in [-0.3, -0.25) is 0 Å². The molecule has 0 saturated carbocycles. The summed E-state index contributed by atoms with van der Waals surface area (Å²) >= 11 is 0. The van der Waals surface area contributed by atoms with Gasteiger partial charge >= 0.3 is 0 Å². The standard InChI is InChI=1S/C29H44N2/c1-9-28(3)18-11-14-26(16-20-28)24-30(5,6)22-13-23-31(7,8)25-27-15-12-19-29(4,10-2)21-17-27/h9-12,14-21H,1-2,13,22-25H2,3-8H3/q+2. The zero-order chi connectivity index (χ0) is 23.2. The van der Waals surface area contributed by atoms with E-state index in [1.54, 1.807) is 0 Å². The van der Waals surface area contributed by atoms with E-state index >= 15 is 0 Å². The fourth-order valence-corrected chi connectivity index (χ4v) is 4.11. The van der Waals surface area contributed by atoms with Gasteiger partial charge in [0.25, 0.3) is 0 Å². The average molecular weight is 421 g/mol. The highest BCUT2D eigenvalue weighted by Crippen LogP contribution is 2.26. The summed E-state index contributed by atoms with van der Waals surface area (Å²) in [7, 11) is 9.36. The second kappa shape index (κ2) is 9.97. The van der Waals surface area contributed by atoms with Crippen molar-refractivity contribution in [3.05, 3.63) is 97.2 Å². The summed E-state index contributed by atoms with van der Waals surface area (Å²) < 4.78 is 2.00. The van der Waals surface area contributed by atoms with Crippen molar-refractivity contribution in [1.29, 1.82) is 0 Å². The molecule has 0 aromatic rings. The van der Waals surface area contributed by atoms with Crippen molar-refractivity contribution in [2.24, 2.45) is 10.8 Å². The van der Waals surface area contributed by atoms with E-state index in [1.165, 1.54) is 30.7 Å². The predicted octanol–water partition coefficient (Wildman–Crippen LogP) is 6.02. The number of nitrogens with zero attached hydrogens (tertiary/aromatic N) is 2. The van der Waals surface area contributed by atoms with Crippen molar-refractivity contribution < 1.29 is 8.97 Å². The highest BCUT2D eigenvalue weighted by atomic mass is 15.3. The molecule has 0 aromatic heterocycles. The van der Waals surface area contributed by atoms with Gasteiger partial charge in [-0.2, -0.15) is 0 Å². The molecule has 2 rings (SSSR count). The largest absolute Gasteiger partial charge is 0.325 e. The molecule has 0 heterocycles. The Hall–Kier alpha value is -2.16. The number of hydrogen-bond acceptors (Lipinski definition) is 0. The van der Waals surface area contributed by atoms with Crippen LogP contribution in [0.2, 0.25) is 0 Å². The van der Waals surface area contributed by atoms with Crippen molar-refractivity contribution in [3.8, 4) is 0 Å². The van der Waals surface area contributed by atoms with Crippen LogP contribution in [0, 0.1) is 10.8 Å². The topological polar surface area (TPSA) is 0 Å². The molecule has 0 radical (unpaired) electrons. The van der Waals surface area contributed by atoms with Crippen LogP contribution in [0.25, 0.3) is 0 Å². The molecule has 2 heteroatoms. The Morgan fingerprint density at radius 2 is 1.10 bits per heavy atom. The lowest BCUT2D eigenvalue weighted by Crippen LogP contribution is -2.46. The van der Waals surface area contributed by atoms with E-state index in [0.717, 1.165) is 22.1 Å². The molecule has 0 aromatic carbocycles. The van der Waals surface area contributed by atoms with Crippen molar-refractivity contribution in [3.63, 3.8) is 0 Å². The lowest BCUT2D eigenvalue weighted by atomic mass is 9.90. The van der Waals surface area contributed by atoms with Crippen LogP contribution in [0.1, 0.15) is 20.3 Å². The molecule has 0 saturated heterocycles. The third-order valence-electron chi connectivity index (χ3n) is 6.47. The van der Waals surface area contributed by atoms with Gasteiger partial charge < -0.3 is 8.97 Å². The minimum Gasteiger partial charge on any atom is -0.325 e. The van der Waals surface area contributed by atoms with Crippen molar-refractivity contribution >= 4 is 0 Å². The number of likely N-dealkylation sites (N-methyl/N-ethyl adjacent to an activating group) is 2. The van der Waals surface area contributed by atoms with Crippen LogP contribution in [0.5, 0.6) is 0 Å². The minimum absolute atomic E-state index is 0.0453. The molecular weight excluding hydrogens is 376 g/mol. The zero-order valence-corrected chi connectivity index (χ0v) is 20.8. The highest BCUT2D eigenvalue weighted by Gasteiger charge is 2.23. The average Bonchev–Trinajstić information content (AvgIpc) is 2.98. The number of rotatable bonds is 10. The normalized spacial score (nSPS) is 26.1. The molecule has 0 fully saturated rings. The molecule has 2 aliphatic rings. The minimum atomic E-state index is -0.0453. The second-order valence-corrected chi connectivity index (χ2v) is 11.0. The van der Waals surface area contributed by atoms with Crippen LogP contribution < -0.4 is 0 Å². The van der Waals surface area contributed by atoms with E-state index in [0.29, 0.717) is 0 Å². The van der Waals surface area contributed by atoms with E-state index in [9.17, 15) is 0 Å². The number of allylic oxidation sites excluding steroid dienone is 10. The number of hydrogen-bond donors (Lipinski definition) is 0. The van der Waals surface area contributed by atoms with E-state index in [4.69, 9.17) is 0 Å². The molecule has 168 valence electrons. The zero-order valence-electron chi connectivity index (χ0n) is 20.8. The predicted molar refractivity (Wildman–Crippen MR) is 138 cm³/mol. The maximum atomic E-state index is 3.97. The Balaban J connectivity index is 1.88. The van der Waals surface area contributed by atoms with Crippen molar-refractivity contribution in [2.45, 2.75) is 20.3 Å². The maximum absolute atomic E-state index is 3.97. The first kappa shape index (κ1) is 25.1. The monoisotopic (exact) mass is 420 g/mol. The first-order valence-corrected chi connectivity index (χ1v) is 11.5. The first-order chi connectivity index (χ1) is 14.4.